The van der Waals surface area contributed by atoms with Crippen LogP contribution >= 0.6 is 23.2 Å². The highest BCUT2D eigenvalue weighted by molar-refractivity contribution is 6.31. The lowest BCUT2D eigenvalue weighted by molar-refractivity contribution is 0.0956. The van der Waals surface area contributed by atoms with Crippen LogP contribution in [0.3, 0.4) is 0 Å². The molecule has 0 spiro atoms. The van der Waals surface area contributed by atoms with Gasteiger partial charge in [-0.1, -0.05) is 41.4 Å². The van der Waals surface area contributed by atoms with Crippen molar-refractivity contribution in [3.63, 3.8) is 0 Å². The number of aromatic amines is 1. The monoisotopic (exact) mass is 332 g/mol. The van der Waals surface area contributed by atoms with Gasteiger partial charge in [-0.15, -0.1) is 0 Å². The van der Waals surface area contributed by atoms with E-state index in [0.717, 1.165) is 22.9 Å². The van der Waals surface area contributed by atoms with Gasteiger partial charge in [0.1, 0.15) is 0 Å². The van der Waals surface area contributed by atoms with E-state index in [-0.39, 0.29) is 5.91 Å². The maximum Gasteiger partial charge on any atom is 0.253 e. The van der Waals surface area contributed by atoms with Crippen molar-refractivity contribution in [2.24, 2.45) is 0 Å². The van der Waals surface area contributed by atoms with E-state index in [1.165, 1.54) is 0 Å². The summed E-state index contributed by atoms with van der Waals surface area (Å²) in [5.74, 6) is -0.0949. The number of H-pyrrole nitrogens is 1. The van der Waals surface area contributed by atoms with Gasteiger partial charge in [-0.2, -0.15) is 0 Å². The summed E-state index contributed by atoms with van der Waals surface area (Å²) in [4.78, 5) is 15.3. The van der Waals surface area contributed by atoms with Crippen molar-refractivity contribution >= 4 is 40.0 Å². The Hall–Kier alpha value is -1.97. The fourth-order valence-electron chi connectivity index (χ4n) is 2.35. The van der Waals surface area contributed by atoms with Crippen LogP contribution in [0.1, 0.15) is 15.9 Å². The molecule has 22 heavy (non-hydrogen) atoms. The van der Waals surface area contributed by atoms with Crippen LogP contribution < -0.4 is 5.32 Å². The Balaban J connectivity index is 1.65. The molecule has 0 bridgehead atoms. The first-order chi connectivity index (χ1) is 10.6. The molecular formula is C17H14Cl2N2O. The van der Waals surface area contributed by atoms with Gasteiger partial charge >= 0.3 is 0 Å². The van der Waals surface area contributed by atoms with Crippen molar-refractivity contribution < 1.29 is 4.79 Å². The van der Waals surface area contributed by atoms with Crippen LogP contribution in [0.25, 0.3) is 10.9 Å². The summed E-state index contributed by atoms with van der Waals surface area (Å²) in [6, 6.07) is 13.1. The second-order valence-corrected chi connectivity index (χ2v) is 5.90. The lowest BCUT2D eigenvalue weighted by Crippen LogP contribution is -2.25. The molecule has 0 saturated heterocycles. The fraction of sp³-hybridized carbons (Fsp3) is 0.118. The number of benzene rings is 2. The van der Waals surface area contributed by atoms with Gasteiger partial charge in [0.2, 0.25) is 0 Å². The standard InChI is InChI=1S/C17H14Cl2N2O/c18-12-3-1-11(2-4-12)7-8-20-17(22)15-10-21-16-9-13(19)5-6-14(15)16/h1-6,9-10,21H,7-8H2,(H,20,22). The molecule has 0 radical (unpaired) electrons. The van der Waals surface area contributed by atoms with Crippen LogP contribution in [0.5, 0.6) is 0 Å². The number of amides is 1. The maximum atomic E-state index is 12.3. The summed E-state index contributed by atoms with van der Waals surface area (Å²) < 4.78 is 0. The molecule has 0 saturated carbocycles. The largest absolute Gasteiger partial charge is 0.360 e. The lowest BCUT2D eigenvalue weighted by Gasteiger charge is -2.05. The molecule has 1 heterocycles. The van der Waals surface area contributed by atoms with Gasteiger partial charge in [-0.05, 0) is 36.2 Å². The van der Waals surface area contributed by atoms with Crippen molar-refractivity contribution in [3.05, 3.63) is 69.8 Å². The van der Waals surface area contributed by atoms with Crippen molar-refractivity contribution in [1.82, 2.24) is 10.3 Å². The second kappa shape index (κ2) is 6.42. The zero-order valence-electron chi connectivity index (χ0n) is 11.7. The number of rotatable bonds is 4. The van der Waals surface area contributed by atoms with E-state index < -0.39 is 0 Å². The minimum absolute atomic E-state index is 0.0949. The Morgan fingerprint density at radius 3 is 2.55 bits per heavy atom. The summed E-state index contributed by atoms with van der Waals surface area (Å²) in [6.45, 7) is 0.570. The number of fused-ring (bicyclic) bond motifs is 1. The molecule has 1 amide bonds. The van der Waals surface area contributed by atoms with Crippen LogP contribution in [0.4, 0.5) is 0 Å². The normalized spacial score (nSPS) is 10.8. The van der Waals surface area contributed by atoms with E-state index >= 15 is 0 Å². The summed E-state index contributed by atoms with van der Waals surface area (Å²) >= 11 is 11.8. The van der Waals surface area contributed by atoms with E-state index in [9.17, 15) is 4.79 Å². The van der Waals surface area contributed by atoms with E-state index in [2.05, 4.69) is 10.3 Å². The summed E-state index contributed by atoms with van der Waals surface area (Å²) in [5.41, 5.74) is 2.62. The van der Waals surface area contributed by atoms with Crippen LogP contribution in [0.15, 0.2) is 48.7 Å². The highest BCUT2D eigenvalue weighted by Gasteiger charge is 2.11. The molecule has 3 rings (SSSR count). The zero-order valence-corrected chi connectivity index (χ0v) is 13.2. The number of carbonyl (C=O) groups excluding carboxylic acids is 1. The molecule has 5 heteroatoms. The summed E-state index contributed by atoms with van der Waals surface area (Å²) in [5, 5.41) is 5.15. The Kier molecular flexibility index (Phi) is 4.36. The predicted molar refractivity (Wildman–Crippen MR) is 90.8 cm³/mol. The number of aromatic nitrogens is 1. The number of nitrogens with one attached hydrogen (secondary N) is 2. The third-order valence-electron chi connectivity index (χ3n) is 3.50. The molecule has 0 unspecified atom stereocenters. The van der Waals surface area contributed by atoms with Crippen molar-refractivity contribution in [2.45, 2.75) is 6.42 Å². The van der Waals surface area contributed by atoms with Crippen LogP contribution in [0.2, 0.25) is 10.0 Å². The average Bonchev–Trinajstić information content (AvgIpc) is 2.92. The highest BCUT2D eigenvalue weighted by Crippen LogP contribution is 2.21. The number of halogens is 2. The molecule has 0 atom stereocenters. The quantitative estimate of drug-likeness (QED) is 0.728. The second-order valence-electron chi connectivity index (χ2n) is 5.02. The maximum absolute atomic E-state index is 12.3. The van der Waals surface area contributed by atoms with Crippen molar-refractivity contribution in [2.75, 3.05) is 6.54 Å². The van der Waals surface area contributed by atoms with Crippen LogP contribution in [-0.2, 0) is 6.42 Å². The average molecular weight is 333 g/mol. The molecule has 2 N–H and O–H groups in total. The Morgan fingerprint density at radius 2 is 1.77 bits per heavy atom. The third kappa shape index (κ3) is 3.26. The molecule has 0 aliphatic heterocycles. The van der Waals surface area contributed by atoms with E-state index in [4.69, 9.17) is 23.2 Å². The van der Waals surface area contributed by atoms with Gasteiger partial charge in [0.05, 0.1) is 5.56 Å². The molecule has 1 aromatic heterocycles. The first-order valence-corrected chi connectivity index (χ1v) is 7.68. The van der Waals surface area contributed by atoms with Crippen molar-refractivity contribution in [1.29, 1.82) is 0 Å². The van der Waals surface area contributed by atoms with Gasteiger partial charge in [0.15, 0.2) is 0 Å². The zero-order chi connectivity index (χ0) is 15.5. The first kappa shape index (κ1) is 14.9. The van der Waals surface area contributed by atoms with Crippen molar-refractivity contribution in [3.8, 4) is 0 Å². The highest BCUT2D eigenvalue weighted by atomic mass is 35.5. The van der Waals surface area contributed by atoms with Gasteiger partial charge in [-0.25, -0.2) is 0 Å². The van der Waals surface area contributed by atoms with Gasteiger partial charge in [0.25, 0.3) is 5.91 Å². The smallest absolute Gasteiger partial charge is 0.253 e. The number of carbonyl (C=O) groups is 1. The molecular weight excluding hydrogens is 319 g/mol. The van der Waals surface area contributed by atoms with Gasteiger partial charge in [-0.3, -0.25) is 4.79 Å². The van der Waals surface area contributed by atoms with E-state index in [1.807, 2.05) is 30.3 Å². The van der Waals surface area contributed by atoms with Gasteiger partial charge < -0.3 is 10.3 Å². The predicted octanol–water partition coefficient (Wildman–Crippen LogP) is 4.45. The topological polar surface area (TPSA) is 44.9 Å². The first-order valence-electron chi connectivity index (χ1n) is 6.93. The molecule has 112 valence electrons. The summed E-state index contributed by atoms with van der Waals surface area (Å²) in [6.07, 6.45) is 2.47. The van der Waals surface area contributed by atoms with Crippen LogP contribution in [0, 0.1) is 0 Å². The molecule has 3 nitrogen and oxygen atoms in total. The Bertz CT molecular complexity index is 809. The molecule has 0 fully saturated rings. The van der Waals surface area contributed by atoms with E-state index in [1.54, 1.807) is 18.3 Å². The number of hydrogen-bond donors (Lipinski definition) is 2. The SMILES string of the molecule is O=C(NCCc1ccc(Cl)cc1)c1c[nH]c2cc(Cl)ccc12. The minimum atomic E-state index is -0.0949. The van der Waals surface area contributed by atoms with Crippen LogP contribution in [-0.4, -0.2) is 17.4 Å². The van der Waals surface area contributed by atoms with E-state index in [0.29, 0.717) is 22.2 Å². The Morgan fingerprint density at radius 1 is 1.05 bits per heavy atom. The molecule has 3 aromatic rings. The fourth-order valence-corrected chi connectivity index (χ4v) is 2.65. The summed E-state index contributed by atoms with van der Waals surface area (Å²) in [7, 11) is 0. The molecule has 0 aliphatic rings. The third-order valence-corrected chi connectivity index (χ3v) is 3.99. The molecule has 0 aliphatic carbocycles. The number of hydrogen-bond acceptors (Lipinski definition) is 1. The Labute approximate surface area is 138 Å². The molecule has 2 aromatic carbocycles. The minimum Gasteiger partial charge on any atom is -0.360 e. The lowest BCUT2D eigenvalue weighted by atomic mass is 10.1. The van der Waals surface area contributed by atoms with Gasteiger partial charge in [0, 0.05) is 33.7 Å².